The molecular formula is C27H29NO2SSi. The van der Waals surface area contributed by atoms with Crippen LogP contribution in [0.1, 0.15) is 16.7 Å². The van der Waals surface area contributed by atoms with Crippen molar-refractivity contribution in [3.05, 3.63) is 113 Å². The third kappa shape index (κ3) is 6.46. The Bertz CT molecular complexity index is 1230. The molecule has 3 nitrogen and oxygen atoms in total. The van der Waals surface area contributed by atoms with E-state index in [1.165, 1.54) is 4.31 Å². The van der Waals surface area contributed by atoms with Crippen molar-refractivity contribution in [1.82, 2.24) is 4.31 Å². The van der Waals surface area contributed by atoms with Gasteiger partial charge in [0, 0.05) is 5.56 Å². The maximum atomic E-state index is 13.8. The molecule has 0 fully saturated rings. The van der Waals surface area contributed by atoms with Crippen LogP contribution >= 0.6 is 0 Å². The molecule has 0 unspecified atom stereocenters. The molecule has 0 bridgehead atoms. The minimum absolute atomic E-state index is 0.219. The molecule has 5 heteroatoms. The molecule has 0 atom stereocenters. The lowest BCUT2D eigenvalue weighted by molar-refractivity contribution is 0.483. The van der Waals surface area contributed by atoms with Gasteiger partial charge in [0.15, 0.2) is 0 Å². The molecule has 3 rings (SSSR count). The van der Waals surface area contributed by atoms with Gasteiger partial charge in [-0.3, -0.25) is 4.31 Å². The van der Waals surface area contributed by atoms with Gasteiger partial charge < -0.3 is 0 Å². The highest BCUT2D eigenvalue weighted by molar-refractivity contribution is 7.89. The molecular weight excluding hydrogens is 430 g/mol. The average molecular weight is 460 g/mol. The van der Waals surface area contributed by atoms with Crippen LogP contribution in [-0.2, 0) is 16.6 Å². The van der Waals surface area contributed by atoms with Crippen molar-refractivity contribution in [2.24, 2.45) is 0 Å². The first kappa shape index (κ1) is 23.6. The summed E-state index contributed by atoms with van der Waals surface area (Å²) in [6.45, 7) is 8.69. The topological polar surface area (TPSA) is 37.4 Å². The molecule has 3 aromatic rings. The predicted molar refractivity (Wildman–Crippen MR) is 135 cm³/mol. The number of rotatable bonds is 6. The van der Waals surface area contributed by atoms with Crippen molar-refractivity contribution >= 4 is 18.1 Å². The largest absolute Gasteiger partial charge is 0.265 e. The minimum Gasteiger partial charge on any atom is -0.255 e. The second-order valence-electron chi connectivity index (χ2n) is 8.82. The van der Waals surface area contributed by atoms with Gasteiger partial charge in [0.2, 0.25) is 0 Å². The van der Waals surface area contributed by atoms with Crippen LogP contribution in [0.3, 0.4) is 0 Å². The van der Waals surface area contributed by atoms with E-state index < -0.39 is 18.1 Å². The highest BCUT2D eigenvalue weighted by Gasteiger charge is 2.27. The summed E-state index contributed by atoms with van der Waals surface area (Å²) in [5, 5.41) is 0. The van der Waals surface area contributed by atoms with E-state index in [0.29, 0.717) is 5.70 Å². The van der Waals surface area contributed by atoms with Crippen LogP contribution < -0.4 is 0 Å². The fourth-order valence-corrected chi connectivity index (χ4v) is 5.68. The lowest BCUT2D eigenvalue weighted by Gasteiger charge is -2.26. The molecule has 0 aliphatic carbocycles. The highest BCUT2D eigenvalue weighted by Crippen LogP contribution is 2.25. The SMILES string of the molecule is Cc1ccc(S(=O)(=O)N(Cc2ccccc2)/C(C#Cc2ccccc2)=C/[Si](C)(C)C)cc1. The summed E-state index contributed by atoms with van der Waals surface area (Å²) >= 11 is 0. The Labute approximate surface area is 193 Å². The molecule has 0 saturated heterocycles. The van der Waals surface area contributed by atoms with E-state index in [4.69, 9.17) is 0 Å². The standard InChI is InChI=1S/C27H29NO2SSi/c1-23-15-19-27(20-16-23)31(29,30)28(21-25-13-9-6-10-14-25)26(22-32(2,3)4)18-17-24-11-7-5-8-12-24/h5-16,19-20,22H,21H2,1-4H3/b26-22+. The molecule has 0 saturated carbocycles. The zero-order chi connectivity index (χ0) is 23.2. The predicted octanol–water partition coefficient (Wildman–Crippen LogP) is 6.00. The van der Waals surface area contributed by atoms with Gasteiger partial charge in [0.25, 0.3) is 10.0 Å². The molecule has 0 N–H and O–H groups in total. The Kier molecular flexibility index (Phi) is 7.39. The van der Waals surface area contributed by atoms with Gasteiger partial charge in [0.1, 0.15) is 0 Å². The molecule has 3 aromatic carbocycles. The van der Waals surface area contributed by atoms with E-state index in [1.54, 1.807) is 12.1 Å². The Hall–Kier alpha value is -3.07. The number of allylic oxidation sites excluding steroid dienone is 1. The molecule has 0 aliphatic heterocycles. The average Bonchev–Trinajstić information content (AvgIpc) is 2.76. The summed E-state index contributed by atoms with van der Waals surface area (Å²) in [7, 11) is -5.61. The van der Waals surface area contributed by atoms with Crippen LogP contribution in [0.4, 0.5) is 0 Å². The Morgan fingerprint density at radius 3 is 2.00 bits per heavy atom. The first-order valence-corrected chi connectivity index (χ1v) is 15.6. The summed E-state index contributed by atoms with van der Waals surface area (Å²) < 4.78 is 29.1. The van der Waals surface area contributed by atoms with Crippen molar-refractivity contribution in [3.63, 3.8) is 0 Å². The first-order chi connectivity index (χ1) is 15.1. The van der Waals surface area contributed by atoms with E-state index >= 15 is 0 Å². The normalized spacial score (nSPS) is 12.1. The fourth-order valence-electron chi connectivity index (χ4n) is 3.12. The van der Waals surface area contributed by atoms with Crippen molar-refractivity contribution in [1.29, 1.82) is 0 Å². The zero-order valence-corrected chi connectivity index (χ0v) is 20.9. The van der Waals surface area contributed by atoms with Crippen molar-refractivity contribution in [2.45, 2.75) is 38.0 Å². The van der Waals surface area contributed by atoms with Crippen LogP contribution in [0.2, 0.25) is 19.6 Å². The number of sulfonamides is 1. The third-order valence-corrected chi connectivity index (χ3v) is 7.64. The van der Waals surface area contributed by atoms with Gasteiger partial charge in [-0.25, -0.2) is 8.42 Å². The molecule has 32 heavy (non-hydrogen) atoms. The van der Waals surface area contributed by atoms with E-state index in [9.17, 15) is 8.42 Å². The van der Waals surface area contributed by atoms with Gasteiger partial charge in [-0.1, -0.05) is 97.5 Å². The fraction of sp³-hybridized carbons (Fsp3) is 0.185. The van der Waals surface area contributed by atoms with Crippen molar-refractivity contribution in [2.75, 3.05) is 0 Å². The molecule has 0 heterocycles. The number of hydrogen-bond acceptors (Lipinski definition) is 2. The molecule has 0 radical (unpaired) electrons. The summed E-state index contributed by atoms with van der Waals surface area (Å²) in [6, 6.07) is 26.3. The van der Waals surface area contributed by atoms with Gasteiger partial charge in [-0.2, -0.15) is 0 Å². The van der Waals surface area contributed by atoms with Crippen LogP contribution in [0.15, 0.2) is 101 Å². The maximum Gasteiger partial charge on any atom is 0.265 e. The number of nitrogens with zero attached hydrogens (tertiary/aromatic N) is 1. The Morgan fingerprint density at radius 2 is 1.44 bits per heavy atom. The summed E-state index contributed by atoms with van der Waals surface area (Å²) in [6.07, 6.45) is 0. The highest BCUT2D eigenvalue weighted by atomic mass is 32.2. The van der Waals surface area contributed by atoms with Gasteiger partial charge in [-0.15, -0.1) is 0 Å². The van der Waals surface area contributed by atoms with Crippen LogP contribution in [-0.4, -0.2) is 20.8 Å². The van der Waals surface area contributed by atoms with E-state index in [-0.39, 0.29) is 11.4 Å². The molecule has 164 valence electrons. The van der Waals surface area contributed by atoms with Gasteiger partial charge >= 0.3 is 0 Å². The second kappa shape index (κ2) is 10.0. The maximum absolute atomic E-state index is 13.8. The summed E-state index contributed by atoms with van der Waals surface area (Å²) in [5.41, 5.74) is 5.36. The number of aryl methyl sites for hydroxylation is 1. The monoisotopic (exact) mass is 459 g/mol. The van der Waals surface area contributed by atoms with E-state index in [2.05, 4.69) is 37.2 Å². The van der Waals surface area contributed by atoms with Crippen molar-refractivity contribution in [3.8, 4) is 11.8 Å². The summed E-state index contributed by atoms with van der Waals surface area (Å²) in [5.74, 6) is 6.36. The second-order valence-corrected chi connectivity index (χ2v) is 15.7. The minimum atomic E-state index is -3.81. The number of benzene rings is 3. The summed E-state index contributed by atoms with van der Waals surface area (Å²) in [4.78, 5) is 0.266. The Morgan fingerprint density at radius 1 is 0.875 bits per heavy atom. The zero-order valence-electron chi connectivity index (χ0n) is 19.0. The van der Waals surface area contributed by atoms with Crippen molar-refractivity contribution < 1.29 is 8.42 Å². The molecule has 0 amide bonds. The lowest BCUT2D eigenvalue weighted by Crippen LogP contribution is -2.32. The molecule has 0 spiro atoms. The van der Waals surface area contributed by atoms with Crippen LogP contribution in [0.5, 0.6) is 0 Å². The number of hydrogen-bond donors (Lipinski definition) is 0. The van der Waals surface area contributed by atoms with E-state index in [1.807, 2.05) is 79.7 Å². The first-order valence-electron chi connectivity index (χ1n) is 10.6. The van der Waals surface area contributed by atoms with Gasteiger partial charge in [-0.05, 0) is 42.7 Å². The molecule has 0 aliphatic rings. The lowest BCUT2D eigenvalue weighted by atomic mass is 10.2. The third-order valence-electron chi connectivity index (χ3n) is 4.73. The van der Waals surface area contributed by atoms with Gasteiger partial charge in [0.05, 0.1) is 25.2 Å². The Balaban J connectivity index is 2.16. The molecule has 0 aromatic heterocycles. The van der Waals surface area contributed by atoms with E-state index in [0.717, 1.165) is 16.7 Å². The van der Waals surface area contributed by atoms with Crippen LogP contribution in [0, 0.1) is 18.8 Å². The quantitative estimate of drug-likeness (QED) is 0.335. The van der Waals surface area contributed by atoms with Crippen LogP contribution in [0.25, 0.3) is 0 Å². The smallest absolute Gasteiger partial charge is 0.255 e.